The van der Waals surface area contributed by atoms with Crippen molar-refractivity contribution in [3.63, 3.8) is 0 Å². The number of fused-ring (bicyclic) bond motifs is 1. The molecule has 3 rings (SSSR count). The van der Waals surface area contributed by atoms with Crippen molar-refractivity contribution in [2.24, 2.45) is 0 Å². The summed E-state index contributed by atoms with van der Waals surface area (Å²) in [4.78, 5) is 34.7. The highest BCUT2D eigenvalue weighted by Gasteiger charge is 2.14. The summed E-state index contributed by atoms with van der Waals surface area (Å²) in [5, 5.41) is 3.71. The maximum Gasteiger partial charge on any atom is 0.262 e. The summed E-state index contributed by atoms with van der Waals surface area (Å²) in [6, 6.07) is 8.05. The second-order valence-corrected chi connectivity index (χ2v) is 6.62. The Labute approximate surface area is 149 Å². The fourth-order valence-electron chi connectivity index (χ4n) is 2.55. The topological polar surface area (TPSA) is 64.4 Å². The Morgan fingerprint density at radius 2 is 2.04 bits per heavy atom. The zero-order valence-electron chi connectivity index (χ0n) is 14.4. The van der Waals surface area contributed by atoms with Crippen LogP contribution in [0.1, 0.15) is 12.0 Å². The number of hydroxylamine groups is 2. The first-order chi connectivity index (χ1) is 12.0. The van der Waals surface area contributed by atoms with Gasteiger partial charge in [0.1, 0.15) is 4.83 Å². The highest BCUT2D eigenvalue weighted by molar-refractivity contribution is 7.17. The van der Waals surface area contributed by atoms with Crippen LogP contribution in [0.3, 0.4) is 0 Å². The predicted molar refractivity (Wildman–Crippen MR) is 98.4 cm³/mol. The van der Waals surface area contributed by atoms with E-state index in [9.17, 15) is 9.59 Å². The molecule has 0 N–H and O–H groups in total. The largest absolute Gasteiger partial charge is 0.298 e. The van der Waals surface area contributed by atoms with E-state index >= 15 is 0 Å². The second-order valence-electron chi connectivity index (χ2n) is 5.76. The van der Waals surface area contributed by atoms with Gasteiger partial charge in [-0.25, -0.2) is 10.0 Å². The zero-order chi connectivity index (χ0) is 18.0. The zero-order valence-corrected chi connectivity index (χ0v) is 15.2. The summed E-state index contributed by atoms with van der Waals surface area (Å²) >= 11 is 1.45. The minimum absolute atomic E-state index is 0.130. The number of aromatic nitrogens is 2. The van der Waals surface area contributed by atoms with Gasteiger partial charge in [0.2, 0.25) is 5.91 Å². The molecule has 0 radical (unpaired) electrons. The summed E-state index contributed by atoms with van der Waals surface area (Å²) in [6.07, 6.45) is 1.67. The molecule has 0 bridgehead atoms. The Balaban J connectivity index is 1.96. The summed E-state index contributed by atoms with van der Waals surface area (Å²) in [7, 11) is 2.97. The van der Waals surface area contributed by atoms with Crippen LogP contribution in [0.5, 0.6) is 0 Å². The van der Waals surface area contributed by atoms with Gasteiger partial charge < -0.3 is 0 Å². The number of carbonyl (C=O) groups is 1. The van der Waals surface area contributed by atoms with Crippen LogP contribution in [-0.4, -0.2) is 34.7 Å². The number of thiophene rings is 1. The van der Waals surface area contributed by atoms with Gasteiger partial charge in [0, 0.05) is 31.0 Å². The second kappa shape index (κ2) is 7.16. The van der Waals surface area contributed by atoms with Crippen LogP contribution in [0.25, 0.3) is 21.3 Å². The fraction of sp³-hybridized carbons (Fsp3) is 0.278. The van der Waals surface area contributed by atoms with Crippen molar-refractivity contribution < 1.29 is 9.63 Å². The van der Waals surface area contributed by atoms with Crippen LogP contribution in [0.15, 0.2) is 40.8 Å². The molecule has 2 aromatic heterocycles. The maximum atomic E-state index is 12.9. The van der Waals surface area contributed by atoms with Gasteiger partial charge in [-0.05, 0) is 12.5 Å². The lowest BCUT2D eigenvalue weighted by Crippen LogP contribution is -2.28. The third kappa shape index (κ3) is 3.47. The summed E-state index contributed by atoms with van der Waals surface area (Å²) in [5.74, 6) is -0.196. The van der Waals surface area contributed by atoms with Gasteiger partial charge in [0.25, 0.3) is 5.56 Å². The van der Waals surface area contributed by atoms with Crippen molar-refractivity contribution in [3.8, 4) is 11.1 Å². The molecular weight excluding hydrogens is 338 g/mol. The monoisotopic (exact) mass is 357 g/mol. The first-order valence-corrected chi connectivity index (χ1v) is 8.73. The van der Waals surface area contributed by atoms with Crippen LogP contribution < -0.4 is 5.56 Å². The van der Waals surface area contributed by atoms with E-state index in [1.165, 1.54) is 34.9 Å². The Hall–Kier alpha value is -2.51. The smallest absolute Gasteiger partial charge is 0.262 e. The Kier molecular flexibility index (Phi) is 4.96. The van der Waals surface area contributed by atoms with Crippen molar-refractivity contribution in [3.05, 3.63) is 51.9 Å². The molecule has 0 saturated heterocycles. The van der Waals surface area contributed by atoms with E-state index in [1.807, 2.05) is 36.6 Å². The minimum atomic E-state index is -0.196. The molecular formula is C18H19N3O3S. The quantitative estimate of drug-likeness (QED) is 0.659. The molecule has 0 saturated carbocycles. The first kappa shape index (κ1) is 17.3. The van der Waals surface area contributed by atoms with E-state index in [0.29, 0.717) is 10.2 Å². The molecule has 0 fully saturated rings. The standard InChI is InChI=1S/C18H19N3O3S/c1-12-4-6-13(7-5-12)14-10-25-17-16(14)18(23)21(11-19-17)9-8-15(22)20(2)24-3/h4-7,10-11H,8-9H2,1-3H3. The SMILES string of the molecule is CON(C)C(=O)CCn1cnc2scc(-c3ccc(C)cc3)c2c1=O. The molecule has 2 heterocycles. The number of rotatable bonds is 5. The molecule has 0 aliphatic carbocycles. The average Bonchev–Trinajstić information content (AvgIpc) is 3.05. The lowest BCUT2D eigenvalue weighted by atomic mass is 10.1. The van der Waals surface area contributed by atoms with Crippen LogP contribution in [0.4, 0.5) is 0 Å². The van der Waals surface area contributed by atoms with E-state index in [2.05, 4.69) is 4.98 Å². The molecule has 6 nitrogen and oxygen atoms in total. The van der Waals surface area contributed by atoms with Gasteiger partial charge in [-0.3, -0.25) is 19.0 Å². The van der Waals surface area contributed by atoms with E-state index in [-0.39, 0.29) is 24.4 Å². The number of hydrogen-bond donors (Lipinski definition) is 0. The number of hydrogen-bond acceptors (Lipinski definition) is 5. The molecule has 3 aromatic rings. The van der Waals surface area contributed by atoms with Crippen LogP contribution in [0, 0.1) is 6.92 Å². The molecule has 7 heteroatoms. The molecule has 1 aromatic carbocycles. The van der Waals surface area contributed by atoms with Gasteiger partial charge in [-0.2, -0.15) is 0 Å². The number of benzene rings is 1. The van der Waals surface area contributed by atoms with Gasteiger partial charge in [-0.15, -0.1) is 11.3 Å². The van der Waals surface area contributed by atoms with Crippen molar-refractivity contribution in [2.75, 3.05) is 14.2 Å². The Bertz CT molecular complexity index is 960. The Morgan fingerprint density at radius 1 is 1.32 bits per heavy atom. The summed E-state index contributed by atoms with van der Waals surface area (Å²) in [5.41, 5.74) is 2.91. The van der Waals surface area contributed by atoms with Gasteiger partial charge in [0.15, 0.2) is 0 Å². The first-order valence-electron chi connectivity index (χ1n) is 7.85. The third-order valence-corrected chi connectivity index (χ3v) is 5.00. The van der Waals surface area contributed by atoms with E-state index in [1.54, 1.807) is 7.05 Å². The van der Waals surface area contributed by atoms with E-state index in [4.69, 9.17) is 4.84 Å². The Morgan fingerprint density at radius 3 is 2.72 bits per heavy atom. The molecule has 25 heavy (non-hydrogen) atoms. The number of carbonyl (C=O) groups excluding carboxylic acids is 1. The predicted octanol–water partition coefficient (Wildman–Crippen LogP) is 2.84. The molecule has 0 unspecified atom stereocenters. The van der Waals surface area contributed by atoms with Crippen LogP contribution in [0.2, 0.25) is 0 Å². The van der Waals surface area contributed by atoms with Crippen molar-refractivity contribution >= 4 is 27.5 Å². The van der Waals surface area contributed by atoms with Crippen molar-refractivity contribution in [2.45, 2.75) is 19.9 Å². The van der Waals surface area contributed by atoms with Crippen molar-refractivity contribution in [1.29, 1.82) is 0 Å². The molecule has 0 aliphatic heterocycles. The number of nitrogens with zero attached hydrogens (tertiary/aromatic N) is 3. The maximum absolute atomic E-state index is 12.9. The molecule has 0 spiro atoms. The summed E-state index contributed by atoms with van der Waals surface area (Å²) < 4.78 is 1.48. The lowest BCUT2D eigenvalue weighted by molar-refractivity contribution is -0.168. The van der Waals surface area contributed by atoms with Crippen LogP contribution >= 0.6 is 11.3 Å². The number of aryl methyl sites for hydroxylation is 2. The van der Waals surface area contributed by atoms with Crippen molar-refractivity contribution in [1.82, 2.24) is 14.6 Å². The minimum Gasteiger partial charge on any atom is -0.298 e. The number of amides is 1. The van der Waals surface area contributed by atoms with Gasteiger partial charge in [-0.1, -0.05) is 29.8 Å². The van der Waals surface area contributed by atoms with Gasteiger partial charge >= 0.3 is 0 Å². The van der Waals surface area contributed by atoms with Crippen LogP contribution in [-0.2, 0) is 16.2 Å². The molecule has 0 aliphatic rings. The lowest BCUT2D eigenvalue weighted by Gasteiger charge is -2.13. The van der Waals surface area contributed by atoms with E-state index in [0.717, 1.165) is 16.2 Å². The highest BCUT2D eigenvalue weighted by Crippen LogP contribution is 2.30. The molecule has 0 atom stereocenters. The fourth-order valence-corrected chi connectivity index (χ4v) is 3.45. The molecule has 1 amide bonds. The van der Waals surface area contributed by atoms with E-state index < -0.39 is 0 Å². The highest BCUT2D eigenvalue weighted by atomic mass is 32.1. The average molecular weight is 357 g/mol. The normalized spacial score (nSPS) is 11.0. The third-order valence-electron chi connectivity index (χ3n) is 4.11. The van der Waals surface area contributed by atoms with Gasteiger partial charge in [0.05, 0.1) is 18.8 Å². The summed E-state index contributed by atoms with van der Waals surface area (Å²) in [6.45, 7) is 2.29. The molecule has 130 valence electrons.